The van der Waals surface area contributed by atoms with Gasteiger partial charge in [0.15, 0.2) is 0 Å². The SMILES string of the molecule is COC(=O)CC(Cc1ccc(I)cc1)NCc1ccccc1. The molecule has 0 heterocycles. The van der Waals surface area contributed by atoms with Crippen molar-refractivity contribution >= 4 is 28.6 Å². The smallest absolute Gasteiger partial charge is 0.307 e. The van der Waals surface area contributed by atoms with Crippen LogP contribution >= 0.6 is 22.6 Å². The summed E-state index contributed by atoms with van der Waals surface area (Å²) in [6.07, 6.45) is 1.17. The zero-order valence-electron chi connectivity index (χ0n) is 12.6. The molecule has 0 saturated carbocycles. The maximum atomic E-state index is 11.6. The summed E-state index contributed by atoms with van der Waals surface area (Å²) in [5, 5.41) is 3.46. The summed E-state index contributed by atoms with van der Waals surface area (Å²) in [5.41, 5.74) is 2.43. The van der Waals surface area contributed by atoms with Crippen molar-refractivity contribution in [3.05, 3.63) is 69.3 Å². The third kappa shape index (κ3) is 5.77. The highest BCUT2D eigenvalue weighted by atomic mass is 127. The Kier molecular flexibility index (Phi) is 6.86. The lowest BCUT2D eigenvalue weighted by Gasteiger charge is -2.18. The third-order valence-corrected chi connectivity index (χ3v) is 4.19. The van der Waals surface area contributed by atoms with Crippen LogP contribution in [0.25, 0.3) is 0 Å². The van der Waals surface area contributed by atoms with Gasteiger partial charge in [0, 0.05) is 16.2 Å². The molecule has 0 radical (unpaired) electrons. The number of carbonyl (C=O) groups excluding carboxylic acids is 1. The minimum absolute atomic E-state index is 0.0627. The van der Waals surface area contributed by atoms with E-state index in [1.165, 1.54) is 21.8 Å². The fraction of sp³-hybridized carbons (Fsp3) is 0.278. The van der Waals surface area contributed by atoms with Crippen molar-refractivity contribution in [2.24, 2.45) is 0 Å². The second-order valence-corrected chi connectivity index (χ2v) is 6.42. The first-order valence-electron chi connectivity index (χ1n) is 7.26. The number of hydrogen-bond donors (Lipinski definition) is 1. The van der Waals surface area contributed by atoms with Crippen LogP contribution < -0.4 is 5.32 Å². The quantitative estimate of drug-likeness (QED) is 0.562. The van der Waals surface area contributed by atoms with Crippen molar-refractivity contribution in [3.8, 4) is 0 Å². The molecule has 1 atom stereocenters. The van der Waals surface area contributed by atoms with Gasteiger partial charge in [-0.15, -0.1) is 0 Å². The van der Waals surface area contributed by atoms with E-state index in [1.54, 1.807) is 0 Å². The van der Waals surface area contributed by atoms with Crippen LogP contribution in [0, 0.1) is 3.57 Å². The van der Waals surface area contributed by atoms with Crippen LogP contribution in [0.15, 0.2) is 54.6 Å². The molecule has 0 aromatic heterocycles. The van der Waals surface area contributed by atoms with Crippen molar-refractivity contribution in [1.82, 2.24) is 5.32 Å². The molecule has 0 bridgehead atoms. The molecule has 0 aliphatic rings. The molecule has 4 heteroatoms. The van der Waals surface area contributed by atoms with Gasteiger partial charge in [0.2, 0.25) is 0 Å². The van der Waals surface area contributed by atoms with E-state index in [4.69, 9.17) is 4.74 Å². The van der Waals surface area contributed by atoms with Gasteiger partial charge in [-0.2, -0.15) is 0 Å². The van der Waals surface area contributed by atoms with Crippen molar-refractivity contribution in [3.63, 3.8) is 0 Å². The standard InChI is InChI=1S/C18H20INO2/c1-22-18(21)12-17(11-14-7-9-16(19)10-8-14)20-13-15-5-3-2-4-6-15/h2-10,17,20H,11-13H2,1H3. The van der Waals surface area contributed by atoms with E-state index in [0.29, 0.717) is 6.42 Å². The molecule has 2 rings (SSSR count). The van der Waals surface area contributed by atoms with Crippen molar-refractivity contribution in [1.29, 1.82) is 0 Å². The molecule has 1 N–H and O–H groups in total. The third-order valence-electron chi connectivity index (χ3n) is 3.47. The molecule has 2 aromatic rings. The molecule has 3 nitrogen and oxygen atoms in total. The summed E-state index contributed by atoms with van der Waals surface area (Å²) in [6, 6.07) is 18.6. The number of rotatable bonds is 7. The molecule has 0 fully saturated rings. The predicted molar refractivity (Wildman–Crippen MR) is 96.6 cm³/mol. The first kappa shape index (κ1) is 17.0. The van der Waals surface area contributed by atoms with Gasteiger partial charge in [-0.25, -0.2) is 0 Å². The summed E-state index contributed by atoms with van der Waals surface area (Å²) in [7, 11) is 1.43. The van der Waals surface area contributed by atoms with Crippen LogP contribution in [-0.4, -0.2) is 19.1 Å². The fourth-order valence-electron chi connectivity index (χ4n) is 2.26. The predicted octanol–water partition coefficient (Wildman–Crippen LogP) is 3.56. The minimum atomic E-state index is -0.184. The van der Waals surface area contributed by atoms with E-state index in [9.17, 15) is 4.79 Å². The normalized spacial score (nSPS) is 11.9. The second kappa shape index (κ2) is 8.90. The van der Waals surface area contributed by atoms with E-state index in [0.717, 1.165) is 13.0 Å². The topological polar surface area (TPSA) is 38.3 Å². The Morgan fingerprint density at radius 2 is 1.77 bits per heavy atom. The number of nitrogens with one attached hydrogen (secondary N) is 1. The average Bonchev–Trinajstić information content (AvgIpc) is 2.55. The zero-order chi connectivity index (χ0) is 15.8. The number of ether oxygens (including phenoxy) is 1. The Labute approximate surface area is 145 Å². The number of methoxy groups -OCH3 is 1. The first-order chi connectivity index (χ1) is 10.7. The lowest BCUT2D eigenvalue weighted by atomic mass is 10.0. The average molecular weight is 409 g/mol. The number of benzene rings is 2. The van der Waals surface area contributed by atoms with Gasteiger partial charge in [0.25, 0.3) is 0 Å². The molecule has 0 aliphatic carbocycles. The Hall–Kier alpha value is -1.40. The van der Waals surface area contributed by atoms with Crippen LogP contribution in [0.1, 0.15) is 17.5 Å². The highest BCUT2D eigenvalue weighted by Gasteiger charge is 2.14. The molecule has 1 unspecified atom stereocenters. The molecule has 2 aromatic carbocycles. The van der Waals surface area contributed by atoms with Crippen LogP contribution in [0.4, 0.5) is 0 Å². The largest absolute Gasteiger partial charge is 0.469 e. The number of halogens is 1. The monoisotopic (exact) mass is 409 g/mol. The minimum Gasteiger partial charge on any atom is -0.469 e. The summed E-state index contributed by atoms with van der Waals surface area (Å²) >= 11 is 2.29. The Morgan fingerprint density at radius 1 is 1.09 bits per heavy atom. The molecular formula is C18H20INO2. The van der Waals surface area contributed by atoms with E-state index < -0.39 is 0 Å². The Balaban J connectivity index is 1.98. The van der Waals surface area contributed by atoms with Gasteiger partial charge in [-0.3, -0.25) is 4.79 Å². The van der Waals surface area contributed by atoms with Gasteiger partial charge in [0.1, 0.15) is 0 Å². The van der Waals surface area contributed by atoms with Gasteiger partial charge < -0.3 is 10.1 Å². The highest BCUT2D eigenvalue weighted by molar-refractivity contribution is 14.1. The highest BCUT2D eigenvalue weighted by Crippen LogP contribution is 2.11. The second-order valence-electron chi connectivity index (χ2n) is 5.17. The van der Waals surface area contributed by atoms with Crippen molar-refractivity contribution < 1.29 is 9.53 Å². The molecule has 0 saturated heterocycles. The number of hydrogen-bond acceptors (Lipinski definition) is 3. The van der Waals surface area contributed by atoms with Crippen molar-refractivity contribution in [2.45, 2.75) is 25.4 Å². The van der Waals surface area contributed by atoms with Crippen molar-refractivity contribution in [2.75, 3.05) is 7.11 Å². The van der Waals surface area contributed by atoms with E-state index in [-0.39, 0.29) is 12.0 Å². The first-order valence-corrected chi connectivity index (χ1v) is 8.34. The Morgan fingerprint density at radius 3 is 2.41 bits per heavy atom. The van der Waals surface area contributed by atoms with Crippen LogP contribution in [0.2, 0.25) is 0 Å². The van der Waals surface area contributed by atoms with Gasteiger partial charge in [-0.05, 0) is 52.3 Å². The number of carbonyl (C=O) groups is 1. The summed E-state index contributed by atoms with van der Waals surface area (Å²) < 4.78 is 6.02. The summed E-state index contributed by atoms with van der Waals surface area (Å²) in [6.45, 7) is 0.743. The molecule has 0 spiro atoms. The Bertz CT molecular complexity index is 584. The zero-order valence-corrected chi connectivity index (χ0v) is 14.7. The molecule has 22 heavy (non-hydrogen) atoms. The summed E-state index contributed by atoms with van der Waals surface area (Å²) in [5.74, 6) is -0.184. The summed E-state index contributed by atoms with van der Waals surface area (Å²) in [4.78, 5) is 11.6. The van der Waals surface area contributed by atoms with Gasteiger partial charge in [0.05, 0.1) is 13.5 Å². The molecule has 116 valence electrons. The molecule has 0 amide bonds. The lowest BCUT2D eigenvalue weighted by Crippen LogP contribution is -2.33. The van der Waals surface area contributed by atoms with Crippen LogP contribution in [-0.2, 0) is 22.5 Å². The lowest BCUT2D eigenvalue weighted by molar-refractivity contribution is -0.141. The van der Waals surface area contributed by atoms with E-state index in [1.807, 2.05) is 18.2 Å². The maximum absolute atomic E-state index is 11.6. The maximum Gasteiger partial charge on any atom is 0.307 e. The van der Waals surface area contributed by atoms with Gasteiger partial charge >= 0.3 is 5.97 Å². The molecule has 0 aliphatic heterocycles. The number of esters is 1. The van der Waals surface area contributed by atoms with E-state index >= 15 is 0 Å². The molecular weight excluding hydrogens is 389 g/mol. The van der Waals surface area contributed by atoms with Gasteiger partial charge in [-0.1, -0.05) is 42.5 Å². The van der Waals surface area contributed by atoms with Crippen LogP contribution in [0.5, 0.6) is 0 Å². The van der Waals surface area contributed by atoms with E-state index in [2.05, 4.69) is 64.3 Å². The van der Waals surface area contributed by atoms with Crippen LogP contribution in [0.3, 0.4) is 0 Å². The fourth-order valence-corrected chi connectivity index (χ4v) is 2.62.